The summed E-state index contributed by atoms with van der Waals surface area (Å²) in [5, 5.41) is 6.78. The number of hydrogen-bond acceptors (Lipinski definition) is 4. The van der Waals surface area contributed by atoms with Gasteiger partial charge in [-0.3, -0.25) is 10.00 Å². The maximum absolute atomic E-state index is 13.1. The van der Waals surface area contributed by atoms with Crippen molar-refractivity contribution in [2.45, 2.75) is 12.3 Å². The molecule has 2 aromatic carbocycles. The van der Waals surface area contributed by atoms with Crippen LogP contribution in [-0.4, -0.2) is 54.1 Å². The third kappa shape index (κ3) is 6.84. The highest BCUT2D eigenvalue weighted by atomic mass is 19.2. The number of amides is 2. The Labute approximate surface area is 192 Å². The molecule has 0 radical (unpaired) electrons. The lowest BCUT2D eigenvalue weighted by Gasteiger charge is -2.15. The van der Waals surface area contributed by atoms with Crippen molar-refractivity contribution in [3.05, 3.63) is 71.8 Å². The molecule has 3 aromatic rings. The number of benzene rings is 2. The normalized spacial score (nSPS) is 15.7. The predicted octanol–water partition coefficient (Wildman–Crippen LogP) is 3.98. The lowest BCUT2D eigenvalue weighted by Crippen LogP contribution is -2.24. The van der Waals surface area contributed by atoms with Crippen LogP contribution >= 0.6 is 0 Å². The highest BCUT2D eigenvalue weighted by Crippen LogP contribution is 2.27. The zero-order valence-corrected chi connectivity index (χ0v) is 18.8. The third-order valence-corrected chi connectivity index (χ3v) is 5.50. The molecule has 176 valence electrons. The average Bonchev–Trinajstić information content (AvgIpc) is 3.42. The molecule has 4 rings (SSSR count). The smallest absolute Gasteiger partial charge is 0.317 e. The SMILES string of the molecule is COCCN1CCC(c2ccc(F)c(F)c2)C1.Cn1nc(-c2ccccc2)cc1NC(N)=O. The minimum absolute atomic E-state index is 0.307. The Kier molecular flexibility index (Phi) is 8.51. The number of carbonyl (C=O) groups is 1. The number of nitrogens with zero attached hydrogens (tertiary/aromatic N) is 3. The third-order valence-electron chi connectivity index (χ3n) is 5.50. The fourth-order valence-electron chi connectivity index (χ4n) is 3.75. The van der Waals surface area contributed by atoms with Gasteiger partial charge >= 0.3 is 6.03 Å². The molecule has 33 heavy (non-hydrogen) atoms. The highest BCUT2D eigenvalue weighted by molar-refractivity contribution is 5.87. The molecule has 0 spiro atoms. The molecule has 0 saturated carbocycles. The summed E-state index contributed by atoms with van der Waals surface area (Å²) in [6.45, 7) is 3.50. The van der Waals surface area contributed by atoms with Crippen LogP contribution in [0.5, 0.6) is 0 Å². The Hall–Kier alpha value is -3.30. The van der Waals surface area contributed by atoms with E-state index in [0.717, 1.165) is 42.9 Å². The zero-order valence-electron chi connectivity index (χ0n) is 18.8. The molecule has 0 aliphatic carbocycles. The fourth-order valence-corrected chi connectivity index (χ4v) is 3.75. The summed E-state index contributed by atoms with van der Waals surface area (Å²) in [6, 6.07) is 15.1. The number of urea groups is 1. The Morgan fingerprint density at radius 1 is 1.18 bits per heavy atom. The van der Waals surface area contributed by atoms with Gasteiger partial charge in [0.05, 0.1) is 12.3 Å². The van der Waals surface area contributed by atoms with E-state index in [-0.39, 0.29) is 0 Å². The molecular weight excluding hydrogens is 428 g/mol. The number of likely N-dealkylation sites (tertiary alicyclic amines) is 1. The Balaban J connectivity index is 0.000000186. The van der Waals surface area contributed by atoms with Gasteiger partial charge in [0.1, 0.15) is 5.82 Å². The van der Waals surface area contributed by atoms with E-state index >= 15 is 0 Å². The molecule has 1 aromatic heterocycles. The van der Waals surface area contributed by atoms with E-state index in [4.69, 9.17) is 10.5 Å². The van der Waals surface area contributed by atoms with Crippen LogP contribution in [-0.2, 0) is 11.8 Å². The number of carbonyl (C=O) groups excluding carboxylic acids is 1. The van der Waals surface area contributed by atoms with E-state index in [9.17, 15) is 13.6 Å². The summed E-state index contributed by atoms with van der Waals surface area (Å²) in [4.78, 5) is 13.0. The quantitative estimate of drug-likeness (QED) is 0.586. The monoisotopic (exact) mass is 457 g/mol. The molecule has 1 saturated heterocycles. The second-order valence-electron chi connectivity index (χ2n) is 7.85. The second-order valence-corrected chi connectivity index (χ2v) is 7.85. The molecule has 1 aliphatic heterocycles. The topological polar surface area (TPSA) is 85.4 Å². The molecular formula is C24H29F2N5O2. The second kappa shape index (κ2) is 11.5. The van der Waals surface area contributed by atoms with Crippen LogP contribution in [0.25, 0.3) is 11.3 Å². The molecule has 7 nitrogen and oxygen atoms in total. The van der Waals surface area contributed by atoms with Gasteiger partial charge in [0.2, 0.25) is 0 Å². The molecule has 2 heterocycles. The van der Waals surface area contributed by atoms with Crippen molar-refractivity contribution in [2.75, 3.05) is 38.7 Å². The van der Waals surface area contributed by atoms with Crippen molar-refractivity contribution < 1.29 is 18.3 Å². The number of aromatic nitrogens is 2. The molecule has 2 amide bonds. The number of methoxy groups -OCH3 is 1. The van der Waals surface area contributed by atoms with Crippen molar-refractivity contribution in [3.63, 3.8) is 0 Å². The lowest BCUT2D eigenvalue weighted by atomic mass is 9.98. The number of halogens is 2. The van der Waals surface area contributed by atoms with Crippen molar-refractivity contribution in [3.8, 4) is 11.3 Å². The predicted molar refractivity (Wildman–Crippen MR) is 124 cm³/mol. The zero-order chi connectivity index (χ0) is 23.8. The van der Waals surface area contributed by atoms with E-state index in [1.165, 1.54) is 12.1 Å². The number of primary amides is 1. The number of nitrogens with one attached hydrogen (secondary N) is 1. The van der Waals surface area contributed by atoms with Gasteiger partial charge in [-0.25, -0.2) is 13.6 Å². The van der Waals surface area contributed by atoms with Gasteiger partial charge in [-0.15, -0.1) is 0 Å². The number of nitrogens with two attached hydrogens (primary N) is 1. The number of aryl methyl sites for hydroxylation is 1. The molecule has 1 aliphatic rings. The number of ether oxygens (including phenoxy) is 1. The first-order valence-corrected chi connectivity index (χ1v) is 10.7. The van der Waals surface area contributed by atoms with Crippen molar-refractivity contribution in [1.29, 1.82) is 0 Å². The van der Waals surface area contributed by atoms with E-state index < -0.39 is 17.7 Å². The molecule has 3 N–H and O–H groups in total. The maximum Gasteiger partial charge on any atom is 0.317 e. The summed E-state index contributed by atoms with van der Waals surface area (Å²) in [5.41, 5.74) is 7.74. The molecule has 9 heteroatoms. The average molecular weight is 458 g/mol. The molecule has 1 fully saturated rings. The molecule has 1 unspecified atom stereocenters. The highest BCUT2D eigenvalue weighted by Gasteiger charge is 2.24. The van der Waals surface area contributed by atoms with Gasteiger partial charge in [-0.05, 0) is 36.6 Å². The Morgan fingerprint density at radius 3 is 2.61 bits per heavy atom. The van der Waals surface area contributed by atoms with Crippen LogP contribution in [0, 0.1) is 11.6 Å². The van der Waals surface area contributed by atoms with E-state index in [1.807, 2.05) is 30.3 Å². The van der Waals surface area contributed by atoms with Crippen LogP contribution < -0.4 is 11.1 Å². The van der Waals surface area contributed by atoms with Gasteiger partial charge in [0.15, 0.2) is 11.6 Å². The van der Waals surface area contributed by atoms with Crippen molar-refractivity contribution >= 4 is 11.8 Å². The largest absolute Gasteiger partial charge is 0.383 e. The summed E-state index contributed by atoms with van der Waals surface area (Å²) in [6.07, 6.45) is 0.995. The van der Waals surface area contributed by atoms with E-state index in [1.54, 1.807) is 31.0 Å². The number of hydrogen-bond donors (Lipinski definition) is 2. The van der Waals surface area contributed by atoms with E-state index in [0.29, 0.717) is 18.3 Å². The summed E-state index contributed by atoms with van der Waals surface area (Å²) >= 11 is 0. The first-order chi connectivity index (χ1) is 15.9. The molecule has 0 bridgehead atoms. The minimum atomic E-state index is -0.775. The van der Waals surface area contributed by atoms with Crippen LogP contribution in [0.3, 0.4) is 0 Å². The van der Waals surface area contributed by atoms with Crippen molar-refractivity contribution in [2.24, 2.45) is 12.8 Å². The van der Waals surface area contributed by atoms with Crippen LogP contribution in [0.2, 0.25) is 0 Å². The summed E-state index contributed by atoms with van der Waals surface area (Å²) in [5.74, 6) is -0.644. The van der Waals surface area contributed by atoms with Gasteiger partial charge in [-0.2, -0.15) is 5.10 Å². The maximum atomic E-state index is 13.1. The fraction of sp³-hybridized carbons (Fsp3) is 0.333. The first-order valence-electron chi connectivity index (χ1n) is 10.7. The van der Waals surface area contributed by atoms with Gasteiger partial charge in [0, 0.05) is 38.9 Å². The summed E-state index contributed by atoms with van der Waals surface area (Å²) < 4.78 is 32.6. The van der Waals surface area contributed by atoms with Gasteiger partial charge in [-0.1, -0.05) is 36.4 Å². The van der Waals surface area contributed by atoms with Crippen LogP contribution in [0.4, 0.5) is 19.4 Å². The minimum Gasteiger partial charge on any atom is -0.383 e. The van der Waals surface area contributed by atoms with Crippen molar-refractivity contribution in [1.82, 2.24) is 14.7 Å². The van der Waals surface area contributed by atoms with Gasteiger partial charge < -0.3 is 15.4 Å². The number of anilines is 1. The van der Waals surface area contributed by atoms with Crippen LogP contribution in [0.1, 0.15) is 17.9 Å². The first kappa shape index (κ1) is 24.3. The van der Waals surface area contributed by atoms with Gasteiger partial charge in [0.25, 0.3) is 0 Å². The summed E-state index contributed by atoms with van der Waals surface area (Å²) in [7, 11) is 3.43. The van der Waals surface area contributed by atoms with E-state index in [2.05, 4.69) is 15.3 Å². The lowest BCUT2D eigenvalue weighted by molar-refractivity contribution is 0.160. The molecule has 1 atom stereocenters. The number of rotatable bonds is 6. The Bertz CT molecular complexity index is 1060. The standard InChI is InChI=1S/C13H17F2NO.C11H12N4O/c1-17-7-6-16-5-4-11(9-16)10-2-3-12(14)13(15)8-10;1-15-10(13-11(12)16)7-9(14-15)8-5-3-2-4-6-8/h2-3,8,11H,4-7,9H2,1H3;2-7H,1H3,(H3,12,13,16). The Morgan fingerprint density at radius 2 is 1.94 bits per heavy atom. The van der Waals surface area contributed by atoms with Crippen LogP contribution in [0.15, 0.2) is 54.6 Å².